The summed E-state index contributed by atoms with van der Waals surface area (Å²) in [5.41, 5.74) is 0.0705. The molecule has 1 aromatic carbocycles. The van der Waals surface area contributed by atoms with Crippen LogP contribution in [0.1, 0.15) is 11.1 Å². The highest BCUT2D eigenvalue weighted by molar-refractivity contribution is 7.37. The predicted octanol–water partition coefficient (Wildman–Crippen LogP) is 3.91. The van der Waals surface area contributed by atoms with E-state index in [0.29, 0.717) is 24.1 Å². The first kappa shape index (κ1) is 19.5. The summed E-state index contributed by atoms with van der Waals surface area (Å²) in [6.07, 6.45) is -3.49. The van der Waals surface area contributed by atoms with E-state index in [0.717, 1.165) is 5.56 Å². The number of alkyl halides is 3. The number of halogens is 4. The number of rotatable bonds is 6. The number of aromatic nitrogens is 2. The zero-order valence-electron chi connectivity index (χ0n) is 12.9. The molecule has 2 aromatic rings. The monoisotopic (exact) mass is 395 g/mol. The number of hydrogen-bond donors (Lipinski definition) is 2. The molecule has 0 spiro atoms. The Balaban J connectivity index is 2.22. The number of hydrogen-bond acceptors (Lipinski definition) is 5. The standard InChI is InChI=1S/C14H14ClF3N3O3P/c1-24-11-6-8(4-5-25(22)23)2-3-10(11)20-13-19-7-9(12(15)21-13)14(16,17)18/h2-3,6-7,25H,4-5H2,1H3,(H,22,23)(H,19,20,21). The maximum atomic E-state index is 12.7. The molecule has 1 heterocycles. The van der Waals surface area contributed by atoms with E-state index in [1.165, 1.54) is 7.11 Å². The lowest BCUT2D eigenvalue weighted by Gasteiger charge is -2.13. The highest BCUT2D eigenvalue weighted by Gasteiger charge is 2.34. The maximum Gasteiger partial charge on any atom is 0.420 e. The number of aryl methyl sites for hydroxylation is 1. The van der Waals surface area contributed by atoms with Gasteiger partial charge in [-0.3, -0.25) is 4.57 Å². The molecule has 0 fully saturated rings. The minimum absolute atomic E-state index is 0.121. The Labute approximate surface area is 146 Å². The number of benzene rings is 1. The van der Waals surface area contributed by atoms with E-state index < -0.39 is 24.9 Å². The van der Waals surface area contributed by atoms with E-state index in [4.69, 9.17) is 21.2 Å². The number of nitrogens with one attached hydrogen (secondary N) is 1. The smallest absolute Gasteiger partial charge is 0.420 e. The van der Waals surface area contributed by atoms with Crippen molar-refractivity contribution in [2.45, 2.75) is 12.6 Å². The first-order valence-corrected chi connectivity index (χ1v) is 8.90. The Hall–Kier alpha value is -1.83. The minimum Gasteiger partial charge on any atom is -0.495 e. The van der Waals surface area contributed by atoms with Crippen molar-refractivity contribution in [3.8, 4) is 5.75 Å². The van der Waals surface area contributed by atoms with Gasteiger partial charge >= 0.3 is 6.18 Å². The van der Waals surface area contributed by atoms with Gasteiger partial charge in [0, 0.05) is 12.4 Å². The summed E-state index contributed by atoms with van der Waals surface area (Å²) in [5.74, 6) is 0.263. The van der Waals surface area contributed by atoms with E-state index in [-0.39, 0.29) is 12.1 Å². The van der Waals surface area contributed by atoms with Crippen LogP contribution in [0.5, 0.6) is 5.75 Å². The van der Waals surface area contributed by atoms with Gasteiger partial charge in [-0.15, -0.1) is 0 Å². The molecule has 25 heavy (non-hydrogen) atoms. The van der Waals surface area contributed by atoms with Crippen molar-refractivity contribution in [1.82, 2.24) is 9.97 Å². The number of methoxy groups -OCH3 is 1. The van der Waals surface area contributed by atoms with Gasteiger partial charge in [0.15, 0.2) is 8.03 Å². The maximum absolute atomic E-state index is 12.7. The Morgan fingerprint density at radius 1 is 1.40 bits per heavy atom. The van der Waals surface area contributed by atoms with Crippen molar-refractivity contribution in [1.29, 1.82) is 0 Å². The first-order chi connectivity index (χ1) is 11.7. The number of anilines is 2. The number of nitrogens with zero attached hydrogens (tertiary/aromatic N) is 2. The molecule has 0 saturated carbocycles. The van der Waals surface area contributed by atoms with Crippen molar-refractivity contribution >= 4 is 31.3 Å². The normalized spacial score (nSPS) is 12.7. The fraction of sp³-hybridized carbons (Fsp3) is 0.286. The van der Waals surface area contributed by atoms with Gasteiger partial charge in [-0.2, -0.15) is 13.2 Å². The summed E-state index contributed by atoms with van der Waals surface area (Å²) < 4.78 is 54.0. The van der Waals surface area contributed by atoms with Crippen LogP contribution in [0.15, 0.2) is 24.4 Å². The molecule has 1 aromatic heterocycles. The molecule has 1 unspecified atom stereocenters. The van der Waals surface area contributed by atoms with E-state index in [9.17, 15) is 17.7 Å². The quantitative estimate of drug-likeness (QED) is 0.570. The van der Waals surface area contributed by atoms with E-state index in [1.54, 1.807) is 18.2 Å². The number of ether oxygens (including phenoxy) is 1. The van der Waals surface area contributed by atoms with Crippen LogP contribution in [0.2, 0.25) is 5.15 Å². The van der Waals surface area contributed by atoms with Crippen molar-refractivity contribution in [3.63, 3.8) is 0 Å². The third-order valence-electron chi connectivity index (χ3n) is 3.19. The SMILES string of the molecule is COc1cc(CC[PH](=O)O)ccc1Nc1ncc(C(F)(F)F)c(Cl)n1. The molecule has 136 valence electrons. The highest BCUT2D eigenvalue weighted by atomic mass is 35.5. The first-order valence-electron chi connectivity index (χ1n) is 6.96. The van der Waals surface area contributed by atoms with Gasteiger partial charge in [-0.05, 0) is 24.1 Å². The van der Waals surface area contributed by atoms with Crippen LogP contribution >= 0.6 is 19.6 Å². The molecule has 11 heteroatoms. The average molecular weight is 396 g/mol. The molecular formula is C14H14ClF3N3O3P. The molecule has 0 aliphatic heterocycles. The van der Waals surface area contributed by atoms with Crippen LogP contribution in [0, 0.1) is 0 Å². The second-order valence-electron chi connectivity index (χ2n) is 4.95. The molecule has 1 atom stereocenters. The van der Waals surface area contributed by atoms with Crippen molar-refractivity contribution < 1.29 is 27.4 Å². The van der Waals surface area contributed by atoms with Gasteiger partial charge in [0.05, 0.1) is 12.8 Å². The third-order valence-corrected chi connectivity index (χ3v) is 4.15. The second kappa shape index (κ2) is 8.03. The largest absolute Gasteiger partial charge is 0.495 e. The molecule has 0 radical (unpaired) electrons. The molecule has 0 aliphatic rings. The molecule has 2 N–H and O–H groups in total. The Kier molecular flexibility index (Phi) is 6.26. The highest BCUT2D eigenvalue weighted by Crippen LogP contribution is 2.34. The molecule has 0 amide bonds. The molecule has 0 bridgehead atoms. The molecular weight excluding hydrogens is 382 g/mol. The summed E-state index contributed by atoms with van der Waals surface area (Å²) >= 11 is 5.56. The molecule has 6 nitrogen and oxygen atoms in total. The van der Waals surface area contributed by atoms with E-state index in [2.05, 4.69) is 15.3 Å². The van der Waals surface area contributed by atoms with Crippen LogP contribution in [0.3, 0.4) is 0 Å². The molecule has 0 saturated heterocycles. The second-order valence-corrected chi connectivity index (χ2v) is 6.59. The van der Waals surface area contributed by atoms with E-state index >= 15 is 0 Å². The van der Waals surface area contributed by atoms with Gasteiger partial charge in [-0.25, -0.2) is 9.97 Å². The zero-order chi connectivity index (χ0) is 18.6. The van der Waals surface area contributed by atoms with Gasteiger partial charge in [0.1, 0.15) is 16.5 Å². The molecule has 0 aliphatic carbocycles. The van der Waals surface area contributed by atoms with Gasteiger partial charge in [0.25, 0.3) is 0 Å². The fourth-order valence-corrected chi connectivity index (χ4v) is 2.72. The van der Waals surface area contributed by atoms with E-state index in [1.807, 2.05) is 0 Å². The Morgan fingerprint density at radius 3 is 2.68 bits per heavy atom. The predicted molar refractivity (Wildman–Crippen MR) is 88.1 cm³/mol. The fourth-order valence-electron chi connectivity index (χ4n) is 1.98. The third kappa shape index (κ3) is 5.32. The van der Waals surface area contributed by atoms with Crippen LogP contribution in [0.25, 0.3) is 0 Å². The van der Waals surface area contributed by atoms with Crippen molar-refractivity contribution in [2.24, 2.45) is 0 Å². The van der Waals surface area contributed by atoms with Gasteiger partial charge < -0.3 is 14.9 Å². The lowest BCUT2D eigenvalue weighted by molar-refractivity contribution is -0.137. The van der Waals surface area contributed by atoms with Crippen molar-refractivity contribution in [2.75, 3.05) is 18.6 Å². The Bertz CT molecular complexity index is 790. The van der Waals surface area contributed by atoms with Gasteiger partial charge in [0.2, 0.25) is 5.95 Å². The van der Waals surface area contributed by atoms with Gasteiger partial charge in [-0.1, -0.05) is 17.7 Å². The Morgan fingerprint density at radius 2 is 2.12 bits per heavy atom. The van der Waals surface area contributed by atoms with Crippen LogP contribution in [-0.2, 0) is 17.2 Å². The lowest BCUT2D eigenvalue weighted by atomic mass is 10.1. The summed E-state index contributed by atoms with van der Waals surface area (Å²) in [6, 6.07) is 4.96. The van der Waals surface area contributed by atoms with Crippen LogP contribution < -0.4 is 10.1 Å². The summed E-state index contributed by atoms with van der Waals surface area (Å²) in [5, 5.41) is 2.02. The van der Waals surface area contributed by atoms with Crippen LogP contribution in [0.4, 0.5) is 24.8 Å². The summed E-state index contributed by atoms with van der Waals surface area (Å²) in [7, 11) is -1.15. The summed E-state index contributed by atoms with van der Waals surface area (Å²) in [6.45, 7) is 0. The zero-order valence-corrected chi connectivity index (χ0v) is 14.6. The average Bonchev–Trinajstić information content (AvgIpc) is 2.52. The van der Waals surface area contributed by atoms with Crippen LogP contribution in [-0.4, -0.2) is 28.1 Å². The summed E-state index contributed by atoms with van der Waals surface area (Å²) in [4.78, 5) is 16.1. The van der Waals surface area contributed by atoms with Crippen molar-refractivity contribution in [3.05, 3.63) is 40.7 Å². The minimum atomic E-state index is -4.64. The molecule has 2 rings (SSSR count). The topological polar surface area (TPSA) is 84.3 Å². The lowest BCUT2D eigenvalue weighted by Crippen LogP contribution is -2.09.